The van der Waals surface area contributed by atoms with E-state index in [1.54, 1.807) is 0 Å². The van der Waals surface area contributed by atoms with E-state index in [9.17, 15) is 4.39 Å². The summed E-state index contributed by atoms with van der Waals surface area (Å²) in [5.41, 5.74) is 3.92. The van der Waals surface area contributed by atoms with E-state index in [1.165, 1.54) is 6.07 Å². The minimum atomic E-state index is -0.230. The van der Waals surface area contributed by atoms with Crippen molar-refractivity contribution in [3.8, 4) is 11.3 Å². The molecule has 0 bridgehead atoms. The SMILES string of the molecule is Cc1cc(C)c(-c2[nH]c(C)nc(=S)c2C)c(F)c1. The van der Waals surface area contributed by atoms with Crippen molar-refractivity contribution in [2.75, 3.05) is 0 Å². The molecule has 18 heavy (non-hydrogen) atoms. The second-order valence-electron chi connectivity index (χ2n) is 4.57. The van der Waals surface area contributed by atoms with Gasteiger partial charge in [0.15, 0.2) is 0 Å². The minimum absolute atomic E-state index is 0.230. The van der Waals surface area contributed by atoms with Gasteiger partial charge in [0.05, 0.1) is 5.69 Å². The van der Waals surface area contributed by atoms with Crippen LogP contribution in [0.15, 0.2) is 12.1 Å². The standard InChI is InChI=1S/C14H15FN2S/c1-7-5-8(2)12(11(15)6-7)13-9(3)14(18)17-10(4)16-13/h5-6H,1-4H3,(H,16,17,18). The molecule has 1 aromatic carbocycles. The average Bonchev–Trinajstić information content (AvgIpc) is 2.23. The molecule has 94 valence electrons. The molecular formula is C14H15FN2S. The van der Waals surface area contributed by atoms with Gasteiger partial charge in [-0.3, -0.25) is 0 Å². The van der Waals surface area contributed by atoms with Crippen LogP contribution in [-0.4, -0.2) is 9.97 Å². The molecule has 2 nitrogen and oxygen atoms in total. The number of H-pyrrole nitrogens is 1. The van der Waals surface area contributed by atoms with E-state index in [4.69, 9.17) is 12.2 Å². The summed E-state index contributed by atoms with van der Waals surface area (Å²) in [6.07, 6.45) is 0. The molecule has 1 aromatic heterocycles. The van der Waals surface area contributed by atoms with E-state index in [2.05, 4.69) is 9.97 Å². The van der Waals surface area contributed by atoms with Gasteiger partial charge in [-0.2, -0.15) is 0 Å². The van der Waals surface area contributed by atoms with Gasteiger partial charge in [-0.25, -0.2) is 9.37 Å². The summed E-state index contributed by atoms with van der Waals surface area (Å²) in [6, 6.07) is 3.50. The Labute approximate surface area is 111 Å². The zero-order valence-electron chi connectivity index (χ0n) is 10.9. The Balaban J connectivity index is 2.81. The van der Waals surface area contributed by atoms with Gasteiger partial charge >= 0.3 is 0 Å². The Kier molecular flexibility index (Phi) is 3.30. The van der Waals surface area contributed by atoms with Gasteiger partial charge in [0, 0.05) is 11.1 Å². The number of halogens is 1. The van der Waals surface area contributed by atoms with Gasteiger partial charge in [-0.15, -0.1) is 0 Å². The highest BCUT2D eigenvalue weighted by Gasteiger charge is 2.13. The van der Waals surface area contributed by atoms with Crippen LogP contribution in [-0.2, 0) is 0 Å². The summed E-state index contributed by atoms with van der Waals surface area (Å²) in [5, 5.41) is 0. The van der Waals surface area contributed by atoms with Crippen LogP contribution >= 0.6 is 12.2 Å². The Morgan fingerprint density at radius 1 is 1.17 bits per heavy atom. The smallest absolute Gasteiger partial charge is 0.133 e. The molecule has 0 saturated heterocycles. The third-order valence-electron chi connectivity index (χ3n) is 2.95. The maximum absolute atomic E-state index is 14.2. The molecule has 0 spiro atoms. The van der Waals surface area contributed by atoms with E-state index in [0.717, 1.165) is 22.4 Å². The molecule has 0 radical (unpaired) electrons. The van der Waals surface area contributed by atoms with E-state index in [1.807, 2.05) is 33.8 Å². The first-order valence-corrected chi connectivity index (χ1v) is 6.15. The number of nitrogens with one attached hydrogen (secondary N) is 1. The summed E-state index contributed by atoms with van der Waals surface area (Å²) in [4.78, 5) is 7.29. The van der Waals surface area contributed by atoms with Crippen LogP contribution in [0.5, 0.6) is 0 Å². The molecule has 0 aliphatic carbocycles. The second kappa shape index (κ2) is 4.61. The molecule has 0 amide bonds. The van der Waals surface area contributed by atoms with E-state index in [-0.39, 0.29) is 5.82 Å². The van der Waals surface area contributed by atoms with Crippen molar-refractivity contribution in [1.29, 1.82) is 0 Å². The highest BCUT2D eigenvalue weighted by molar-refractivity contribution is 7.71. The largest absolute Gasteiger partial charge is 0.343 e. The van der Waals surface area contributed by atoms with Gasteiger partial charge < -0.3 is 4.98 Å². The maximum atomic E-state index is 14.2. The summed E-state index contributed by atoms with van der Waals surface area (Å²) >= 11 is 5.19. The summed E-state index contributed by atoms with van der Waals surface area (Å²) in [7, 11) is 0. The average molecular weight is 262 g/mol. The van der Waals surface area contributed by atoms with Crippen molar-refractivity contribution >= 4 is 12.2 Å². The zero-order chi connectivity index (χ0) is 13.4. The lowest BCUT2D eigenvalue weighted by molar-refractivity contribution is 0.628. The second-order valence-corrected chi connectivity index (χ2v) is 4.95. The normalized spacial score (nSPS) is 10.7. The fourth-order valence-corrected chi connectivity index (χ4v) is 2.37. The van der Waals surface area contributed by atoms with Crippen LogP contribution in [0.4, 0.5) is 4.39 Å². The van der Waals surface area contributed by atoms with E-state index >= 15 is 0 Å². The predicted octanol–water partition coefficient (Wildman–Crippen LogP) is 4.18. The fraction of sp³-hybridized carbons (Fsp3) is 0.286. The number of aromatic nitrogens is 2. The van der Waals surface area contributed by atoms with Crippen molar-refractivity contribution in [2.45, 2.75) is 27.7 Å². The third kappa shape index (κ3) is 2.20. The lowest BCUT2D eigenvalue weighted by Crippen LogP contribution is -2.00. The molecule has 1 N–H and O–H groups in total. The van der Waals surface area contributed by atoms with Crippen LogP contribution in [0.3, 0.4) is 0 Å². The summed E-state index contributed by atoms with van der Waals surface area (Å²) < 4.78 is 14.7. The molecule has 0 fully saturated rings. The number of rotatable bonds is 1. The monoisotopic (exact) mass is 262 g/mol. The fourth-order valence-electron chi connectivity index (χ4n) is 2.13. The van der Waals surface area contributed by atoms with Crippen LogP contribution in [0.1, 0.15) is 22.5 Å². The van der Waals surface area contributed by atoms with Gasteiger partial charge in [0.25, 0.3) is 0 Å². The van der Waals surface area contributed by atoms with Crippen molar-refractivity contribution in [1.82, 2.24) is 9.97 Å². The van der Waals surface area contributed by atoms with E-state index in [0.29, 0.717) is 16.0 Å². The number of aromatic amines is 1. The molecule has 0 atom stereocenters. The van der Waals surface area contributed by atoms with Gasteiger partial charge in [0.1, 0.15) is 16.3 Å². The topological polar surface area (TPSA) is 28.7 Å². The first-order chi connectivity index (χ1) is 8.40. The summed E-state index contributed by atoms with van der Waals surface area (Å²) in [6.45, 7) is 7.46. The van der Waals surface area contributed by atoms with Crippen LogP contribution < -0.4 is 0 Å². The number of benzene rings is 1. The molecule has 2 aromatic rings. The van der Waals surface area contributed by atoms with Gasteiger partial charge in [-0.1, -0.05) is 18.3 Å². The molecule has 0 saturated carbocycles. The minimum Gasteiger partial charge on any atom is -0.343 e. The third-order valence-corrected chi connectivity index (χ3v) is 3.35. The van der Waals surface area contributed by atoms with Crippen LogP contribution in [0.25, 0.3) is 11.3 Å². The van der Waals surface area contributed by atoms with Crippen LogP contribution in [0.2, 0.25) is 0 Å². The quantitative estimate of drug-likeness (QED) is 0.781. The Morgan fingerprint density at radius 3 is 2.44 bits per heavy atom. The molecule has 0 aliphatic heterocycles. The molecule has 0 unspecified atom stereocenters. The number of hydrogen-bond acceptors (Lipinski definition) is 2. The Morgan fingerprint density at radius 2 is 1.83 bits per heavy atom. The van der Waals surface area contributed by atoms with Crippen molar-refractivity contribution in [3.05, 3.63) is 45.1 Å². The number of aryl methyl sites for hydroxylation is 3. The van der Waals surface area contributed by atoms with Gasteiger partial charge in [0.2, 0.25) is 0 Å². The van der Waals surface area contributed by atoms with Gasteiger partial charge in [-0.05, 0) is 44.9 Å². The highest BCUT2D eigenvalue weighted by Crippen LogP contribution is 2.28. The maximum Gasteiger partial charge on any atom is 0.133 e. The van der Waals surface area contributed by atoms with Crippen molar-refractivity contribution < 1.29 is 4.39 Å². The van der Waals surface area contributed by atoms with E-state index < -0.39 is 0 Å². The number of nitrogens with zero attached hydrogens (tertiary/aromatic N) is 1. The highest BCUT2D eigenvalue weighted by atomic mass is 32.1. The molecule has 2 rings (SSSR count). The first-order valence-electron chi connectivity index (χ1n) is 5.75. The predicted molar refractivity (Wildman–Crippen MR) is 73.8 cm³/mol. The number of hydrogen-bond donors (Lipinski definition) is 1. The van der Waals surface area contributed by atoms with Crippen molar-refractivity contribution in [3.63, 3.8) is 0 Å². The summed E-state index contributed by atoms with van der Waals surface area (Å²) in [5.74, 6) is 0.465. The Bertz CT molecular complexity index is 651. The molecule has 4 heteroatoms. The molecular weight excluding hydrogens is 247 g/mol. The first kappa shape index (κ1) is 12.9. The lowest BCUT2D eigenvalue weighted by atomic mass is 9.99. The molecule has 0 aliphatic rings. The Hall–Kier alpha value is -1.55. The van der Waals surface area contributed by atoms with Crippen molar-refractivity contribution in [2.24, 2.45) is 0 Å². The lowest BCUT2D eigenvalue weighted by Gasteiger charge is -2.12. The van der Waals surface area contributed by atoms with Crippen LogP contribution in [0, 0.1) is 38.2 Å². The molecule has 1 heterocycles. The zero-order valence-corrected chi connectivity index (χ0v) is 11.7.